The molecular weight excluding hydrogens is 244 g/mol. The van der Waals surface area contributed by atoms with E-state index in [4.69, 9.17) is 0 Å². The van der Waals surface area contributed by atoms with Gasteiger partial charge in [0.05, 0.1) is 6.20 Å². The third-order valence-corrected chi connectivity index (χ3v) is 3.40. The molecule has 8 nitrogen and oxygen atoms in total. The Bertz CT molecular complexity index is 614. The summed E-state index contributed by atoms with van der Waals surface area (Å²) in [6.45, 7) is 1.88. The van der Waals surface area contributed by atoms with Gasteiger partial charge in [0.2, 0.25) is 5.95 Å². The first-order chi connectivity index (χ1) is 8.03. The van der Waals surface area contributed by atoms with Crippen LogP contribution in [0.1, 0.15) is 12.7 Å². The number of sulfonamides is 1. The molecule has 0 radical (unpaired) electrons. The van der Waals surface area contributed by atoms with E-state index in [9.17, 15) is 8.42 Å². The second kappa shape index (κ2) is 4.17. The fourth-order valence-electron chi connectivity index (χ4n) is 1.22. The van der Waals surface area contributed by atoms with Crippen molar-refractivity contribution in [3.63, 3.8) is 0 Å². The summed E-state index contributed by atoms with van der Waals surface area (Å²) in [5, 5.41) is 3.78. The number of anilines is 1. The lowest BCUT2D eigenvalue weighted by atomic mass is 10.5. The number of aryl methyl sites for hydroxylation is 2. The van der Waals surface area contributed by atoms with Crippen LogP contribution in [0.15, 0.2) is 17.6 Å². The van der Waals surface area contributed by atoms with Crippen molar-refractivity contribution in [2.24, 2.45) is 7.05 Å². The molecule has 0 unspecified atom stereocenters. The minimum absolute atomic E-state index is 0.0114. The number of nitrogens with zero attached hydrogens (tertiary/aromatic N) is 4. The summed E-state index contributed by atoms with van der Waals surface area (Å²) >= 11 is 0. The Labute approximate surface area is 98.1 Å². The SMILES string of the molecule is CCc1ncc(S(=O)(=O)Nc2ncnn2C)[nH]1. The smallest absolute Gasteiger partial charge is 0.281 e. The van der Waals surface area contributed by atoms with Crippen LogP contribution >= 0.6 is 0 Å². The molecule has 17 heavy (non-hydrogen) atoms. The Morgan fingerprint density at radius 3 is 2.76 bits per heavy atom. The summed E-state index contributed by atoms with van der Waals surface area (Å²) in [5.74, 6) is 0.765. The number of nitrogens with one attached hydrogen (secondary N) is 2. The number of aromatic amines is 1. The predicted molar refractivity (Wildman–Crippen MR) is 59.8 cm³/mol. The van der Waals surface area contributed by atoms with Gasteiger partial charge < -0.3 is 4.98 Å². The van der Waals surface area contributed by atoms with E-state index in [0.29, 0.717) is 12.2 Å². The van der Waals surface area contributed by atoms with E-state index in [-0.39, 0.29) is 11.0 Å². The van der Waals surface area contributed by atoms with Crippen molar-refractivity contribution in [1.82, 2.24) is 24.7 Å². The summed E-state index contributed by atoms with van der Waals surface area (Å²) in [4.78, 5) is 10.4. The van der Waals surface area contributed by atoms with Crippen LogP contribution in [0, 0.1) is 0 Å². The van der Waals surface area contributed by atoms with E-state index in [1.807, 2.05) is 6.92 Å². The molecule has 9 heteroatoms. The van der Waals surface area contributed by atoms with Crippen molar-refractivity contribution >= 4 is 16.0 Å². The van der Waals surface area contributed by atoms with Gasteiger partial charge in [-0.15, -0.1) is 0 Å². The molecule has 2 N–H and O–H groups in total. The first-order valence-corrected chi connectivity index (χ1v) is 6.42. The lowest BCUT2D eigenvalue weighted by Gasteiger charge is -2.03. The highest BCUT2D eigenvalue weighted by Gasteiger charge is 2.19. The number of aromatic nitrogens is 5. The Morgan fingerprint density at radius 2 is 2.24 bits per heavy atom. The Balaban J connectivity index is 2.28. The Morgan fingerprint density at radius 1 is 1.47 bits per heavy atom. The molecule has 0 atom stereocenters. The van der Waals surface area contributed by atoms with E-state index in [1.165, 1.54) is 17.2 Å². The van der Waals surface area contributed by atoms with Gasteiger partial charge in [-0.2, -0.15) is 18.5 Å². The van der Waals surface area contributed by atoms with Crippen LogP contribution in [0.2, 0.25) is 0 Å². The summed E-state index contributed by atoms with van der Waals surface area (Å²) in [5.41, 5.74) is 0. The number of H-pyrrole nitrogens is 1. The van der Waals surface area contributed by atoms with Gasteiger partial charge >= 0.3 is 0 Å². The molecule has 0 aromatic carbocycles. The van der Waals surface area contributed by atoms with Crippen molar-refractivity contribution in [3.8, 4) is 0 Å². The molecule has 92 valence electrons. The van der Waals surface area contributed by atoms with E-state index in [2.05, 4.69) is 24.8 Å². The van der Waals surface area contributed by atoms with Crippen molar-refractivity contribution in [2.75, 3.05) is 4.72 Å². The average molecular weight is 256 g/mol. The molecular formula is C8H12N6O2S. The molecule has 0 saturated carbocycles. The minimum Gasteiger partial charge on any atom is -0.332 e. The zero-order valence-electron chi connectivity index (χ0n) is 9.38. The molecule has 2 aromatic heterocycles. The molecule has 2 aromatic rings. The van der Waals surface area contributed by atoms with Crippen molar-refractivity contribution in [3.05, 3.63) is 18.3 Å². The fraction of sp³-hybridized carbons (Fsp3) is 0.375. The first kappa shape index (κ1) is 11.6. The second-order valence-corrected chi connectivity index (χ2v) is 5.01. The molecule has 0 aliphatic heterocycles. The Hall–Kier alpha value is -1.90. The number of rotatable bonds is 4. The topological polar surface area (TPSA) is 106 Å². The van der Waals surface area contributed by atoms with Gasteiger partial charge in [-0.05, 0) is 0 Å². The maximum absolute atomic E-state index is 11.9. The highest BCUT2D eigenvalue weighted by atomic mass is 32.2. The van der Waals surface area contributed by atoms with Crippen LogP contribution in [0.5, 0.6) is 0 Å². The van der Waals surface area contributed by atoms with E-state index < -0.39 is 10.0 Å². The summed E-state index contributed by atoms with van der Waals surface area (Å²) < 4.78 is 27.5. The maximum atomic E-state index is 11.9. The molecule has 0 amide bonds. The third-order valence-electron chi connectivity index (χ3n) is 2.17. The summed E-state index contributed by atoms with van der Waals surface area (Å²) in [6.07, 6.45) is 3.18. The van der Waals surface area contributed by atoms with Crippen molar-refractivity contribution in [2.45, 2.75) is 18.4 Å². The zero-order chi connectivity index (χ0) is 12.5. The largest absolute Gasteiger partial charge is 0.332 e. The molecule has 0 aliphatic carbocycles. The highest BCUT2D eigenvalue weighted by molar-refractivity contribution is 7.92. The second-order valence-electron chi connectivity index (χ2n) is 3.36. The fourth-order valence-corrected chi connectivity index (χ4v) is 2.20. The average Bonchev–Trinajstić information content (AvgIpc) is 2.88. The predicted octanol–water partition coefficient (Wildman–Crippen LogP) is -0.0986. The number of imidazole rings is 1. The van der Waals surface area contributed by atoms with Crippen molar-refractivity contribution < 1.29 is 8.42 Å². The van der Waals surface area contributed by atoms with E-state index >= 15 is 0 Å². The third kappa shape index (κ3) is 2.28. The Kier molecular flexibility index (Phi) is 2.84. The van der Waals surface area contributed by atoms with E-state index in [1.54, 1.807) is 7.05 Å². The van der Waals surface area contributed by atoms with E-state index in [0.717, 1.165) is 0 Å². The maximum Gasteiger partial charge on any atom is 0.281 e. The van der Waals surface area contributed by atoms with Gasteiger partial charge in [0.1, 0.15) is 12.2 Å². The van der Waals surface area contributed by atoms with Crippen LogP contribution in [0.4, 0.5) is 5.95 Å². The molecule has 0 spiro atoms. The standard InChI is InChI=1S/C8H12N6O2S/c1-3-6-9-4-7(12-6)17(15,16)13-8-10-5-11-14(8)2/h4-5H,3H2,1-2H3,(H,9,12)(H,10,11,13). The van der Waals surface area contributed by atoms with Crippen LogP contribution in [-0.4, -0.2) is 33.2 Å². The van der Waals surface area contributed by atoms with Gasteiger partial charge in [-0.1, -0.05) is 6.92 Å². The van der Waals surface area contributed by atoms with Crippen LogP contribution < -0.4 is 4.72 Å². The summed E-state index contributed by atoms with van der Waals surface area (Å²) in [7, 11) is -2.09. The van der Waals surface area contributed by atoms with Gasteiger partial charge in [0.15, 0.2) is 5.03 Å². The first-order valence-electron chi connectivity index (χ1n) is 4.93. The normalized spacial score (nSPS) is 11.6. The van der Waals surface area contributed by atoms with Crippen LogP contribution in [-0.2, 0) is 23.5 Å². The number of hydrogen-bond acceptors (Lipinski definition) is 5. The van der Waals surface area contributed by atoms with Gasteiger partial charge in [0.25, 0.3) is 10.0 Å². The monoisotopic (exact) mass is 256 g/mol. The molecule has 0 aliphatic rings. The zero-order valence-corrected chi connectivity index (χ0v) is 10.2. The summed E-state index contributed by atoms with van der Waals surface area (Å²) in [6, 6.07) is 0. The minimum atomic E-state index is -3.69. The lowest BCUT2D eigenvalue weighted by Crippen LogP contribution is -2.16. The quantitative estimate of drug-likeness (QED) is 0.794. The van der Waals surface area contributed by atoms with Gasteiger partial charge in [-0.3, -0.25) is 0 Å². The van der Waals surface area contributed by atoms with Gasteiger partial charge in [0, 0.05) is 13.5 Å². The lowest BCUT2D eigenvalue weighted by molar-refractivity contribution is 0.596. The highest BCUT2D eigenvalue weighted by Crippen LogP contribution is 2.11. The van der Waals surface area contributed by atoms with Crippen molar-refractivity contribution in [1.29, 1.82) is 0 Å². The van der Waals surface area contributed by atoms with Crippen LogP contribution in [0.3, 0.4) is 0 Å². The number of hydrogen-bond donors (Lipinski definition) is 2. The molecule has 0 saturated heterocycles. The van der Waals surface area contributed by atoms with Crippen LogP contribution in [0.25, 0.3) is 0 Å². The molecule has 2 heterocycles. The van der Waals surface area contributed by atoms with Gasteiger partial charge in [-0.25, -0.2) is 14.4 Å². The molecule has 0 bridgehead atoms. The molecule has 0 fully saturated rings. The molecule has 2 rings (SSSR count).